The van der Waals surface area contributed by atoms with Gasteiger partial charge in [0.05, 0.1) is 17.7 Å². The molecule has 0 saturated carbocycles. The summed E-state index contributed by atoms with van der Waals surface area (Å²) in [5.41, 5.74) is 2.38. The highest BCUT2D eigenvalue weighted by Crippen LogP contribution is 2.40. The zero-order valence-electron chi connectivity index (χ0n) is 14.0. The van der Waals surface area contributed by atoms with Gasteiger partial charge < -0.3 is 10.1 Å². The van der Waals surface area contributed by atoms with E-state index in [9.17, 15) is 0 Å². The molecule has 24 heavy (non-hydrogen) atoms. The zero-order chi connectivity index (χ0) is 16.5. The summed E-state index contributed by atoms with van der Waals surface area (Å²) in [7, 11) is 0. The van der Waals surface area contributed by atoms with Crippen LogP contribution in [0.3, 0.4) is 0 Å². The predicted molar refractivity (Wildman–Crippen MR) is 99.5 cm³/mol. The molecule has 2 heterocycles. The summed E-state index contributed by atoms with van der Waals surface area (Å²) in [6.45, 7) is 4.97. The Morgan fingerprint density at radius 3 is 3.04 bits per heavy atom. The number of nitrogens with zero attached hydrogens (tertiary/aromatic N) is 2. The first-order valence-corrected chi connectivity index (χ1v) is 9.32. The van der Waals surface area contributed by atoms with Gasteiger partial charge in [0.1, 0.15) is 22.7 Å². The van der Waals surface area contributed by atoms with E-state index >= 15 is 0 Å². The molecule has 1 aliphatic rings. The molecule has 1 unspecified atom stereocenters. The Kier molecular flexibility index (Phi) is 4.10. The fourth-order valence-electron chi connectivity index (χ4n) is 3.35. The summed E-state index contributed by atoms with van der Waals surface area (Å²) in [6, 6.07) is 8.00. The van der Waals surface area contributed by atoms with Gasteiger partial charge in [0.25, 0.3) is 0 Å². The van der Waals surface area contributed by atoms with Crippen LogP contribution < -0.4 is 10.1 Å². The molecule has 0 fully saturated rings. The Morgan fingerprint density at radius 1 is 1.29 bits per heavy atom. The Morgan fingerprint density at radius 2 is 2.17 bits per heavy atom. The minimum absolute atomic E-state index is 0.642. The molecular weight excluding hydrogens is 318 g/mol. The van der Waals surface area contributed by atoms with E-state index in [2.05, 4.69) is 22.2 Å². The third kappa shape index (κ3) is 2.73. The number of aromatic nitrogens is 2. The number of para-hydroxylation sites is 2. The van der Waals surface area contributed by atoms with Gasteiger partial charge in [-0.05, 0) is 49.8 Å². The molecule has 0 bridgehead atoms. The molecular formula is C19H21N3OS. The van der Waals surface area contributed by atoms with Crippen LogP contribution in [0.15, 0.2) is 30.6 Å². The molecule has 5 heteroatoms. The monoisotopic (exact) mass is 339 g/mol. The van der Waals surface area contributed by atoms with Crippen molar-refractivity contribution in [2.75, 3.05) is 11.9 Å². The van der Waals surface area contributed by atoms with E-state index in [0.717, 1.165) is 40.8 Å². The van der Waals surface area contributed by atoms with Crippen LogP contribution in [0.2, 0.25) is 0 Å². The van der Waals surface area contributed by atoms with Crippen molar-refractivity contribution in [2.24, 2.45) is 5.92 Å². The predicted octanol–water partition coefficient (Wildman–Crippen LogP) is 4.96. The van der Waals surface area contributed by atoms with Crippen LogP contribution in [0, 0.1) is 5.92 Å². The maximum Gasteiger partial charge on any atom is 0.142 e. The second kappa shape index (κ2) is 6.40. The number of nitrogens with one attached hydrogen (secondary N) is 1. The number of thiophene rings is 1. The zero-order valence-corrected chi connectivity index (χ0v) is 14.8. The van der Waals surface area contributed by atoms with Gasteiger partial charge >= 0.3 is 0 Å². The van der Waals surface area contributed by atoms with Crippen LogP contribution in [0.4, 0.5) is 11.5 Å². The molecule has 4 rings (SSSR count). The summed E-state index contributed by atoms with van der Waals surface area (Å²) in [5, 5.41) is 4.67. The lowest BCUT2D eigenvalue weighted by Gasteiger charge is -2.18. The van der Waals surface area contributed by atoms with Gasteiger partial charge in [0.15, 0.2) is 0 Å². The minimum atomic E-state index is 0.642. The lowest BCUT2D eigenvalue weighted by Crippen LogP contribution is -2.09. The highest BCUT2D eigenvalue weighted by molar-refractivity contribution is 7.19. The number of hydrogen-bond acceptors (Lipinski definition) is 5. The molecule has 0 saturated heterocycles. The summed E-state index contributed by atoms with van der Waals surface area (Å²) in [6.07, 6.45) is 5.17. The van der Waals surface area contributed by atoms with Crippen LogP contribution in [-0.4, -0.2) is 16.6 Å². The van der Waals surface area contributed by atoms with Crippen LogP contribution >= 0.6 is 11.3 Å². The standard InChI is InChI=1S/C19H21N3OS/c1-3-23-15-7-5-4-6-14(15)22-18-17-13-9-8-12(2)10-16(13)24-19(17)21-11-20-18/h4-7,11-12H,3,8-10H2,1-2H3,(H,20,21,22). The Labute approximate surface area is 145 Å². The first kappa shape index (κ1) is 15.4. The van der Waals surface area contributed by atoms with Crippen LogP contribution in [0.1, 0.15) is 30.7 Å². The third-order valence-corrected chi connectivity index (χ3v) is 5.69. The lowest BCUT2D eigenvalue weighted by atomic mass is 9.89. The molecule has 4 nitrogen and oxygen atoms in total. The van der Waals surface area contributed by atoms with Crippen molar-refractivity contribution in [1.82, 2.24) is 9.97 Å². The van der Waals surface area contributed by atoms with Crippen molar-refractivity contribution in [3.8, 4) is 5.75 Å². The van der Waals surface area contributed by atoms with Gasteiger partial charge in [0.2, 0.25) is 0 Å². The van der Waals surface area contributed by atoms with Crippen molar-refractivity contribution >= 4 is 33.1 Å². The summed E-state index contributed by atoms with van der Waals surface area (Å²) < 4.78 is 5.73. The first-order valence-electron chi connectivity index (χ1n) is 8.50. The van der Waals surface area contributed by atoms with E-state index in [1.165, 1.54) is 22.2 Å². The first-order chi connectivity index (χ1) is 11.8. The number of ether oxygens (including phenoxy) is 1. The largest absolute Gasteiger partial charge is 0.492 e. The number of aryl methyl sites for hydroxylation is 1. The van der Waals surface area contributed by atoms with Crippen molar-refractivity contribution in [3.63, 3.8) is 0 Å². The van der Waals surface area contributed by atoms with Crippen molar-refractivity contribution in [1.29, 1.82) is 0 Å². The third-order valence-electron chi connectivity index (χ3n) is 4.53. The number of fused-ring (bicyclic) bond motifs is 3. The van der Waals surface area contributed by atoms with Gasteiger partial charge in [-0.3, -0.25) is 0 Å². The number of benzene rings is 1. The molecule has 1 aromatic carbocycles. The van der Waals surface area contributed by atoms with Gasteiger partial charge in [-0.25, -0.2) is 9.97 Å². The van der Waals surface area contributed by atoms with E-state index in [0.29, 0.717) is 6.61 Å². The minimum Gasteiger partial charge on any atom is -0.492 e. The Hall–Kier alpha value is -2.14. The number of rotatable bonds is 4. The fourth-order valence-corrected chi connectivity index (χ4v) is 4.70. The molecule has 124 valence electrons. The molecule has 0 radical (unpaired) electrons. The van der Waals surface area contributed by atoms with Crippen LogP contribution in [0.5, 0.6) is 5.75 Å². The highest BCUT2D eigenvalue weighted by atomic mass is 32.1. The number of anilines is 2. The molecule has 1 aliphatic carbocycles. The van der Waals surface area contributed by atoms with Gasteiger partial charge in [-0.2, -0.15) is 0 Å². The van der Waals surface area contributed by atoms with E-state index in [-0.39, 0.29) is 0 Å². The quantitative estimate of drug-likeness (QED) is 0.730. The molecule has 0 aliphatic heterocycles. The lowest BCUT2D eigenvalue weighted by molar-refractivity contribution is 0.342. The molecule has 1 N–H and O–H groups in total. The summed E-state index contributed by atoms with van der Waals surface area (Å²) >= 11 is 1.82. The molecule has 0 amide bonds. The molecule has 3 aromatic rings. The Bertz CT molecular complexity index is 874. The van der Waals surface area contributed by atoms with E-state index in [1.54, 1.807) is 6.33 Å². The average molecular weight is 339 g/mol. The van der Waals surface area contributed by atoms with Crippen molar-refractivity contribution in [2.45, 2.75) is 33.1 Å². The van der Waals surface area contributed by atoms with E-state index < -0.39 is 0 Å². The number of hydrogen-bond donors (Lipinski definition) is 1. The Balaban J connectivity index is 1.78. The van der Waals surface area contributed by atoms with Gasteiger partial charge in [-0.1, -0.05) is 19.1 Å². The fraction of sp³-hybridized carbons (Fsp3) is 0.368. The SMILES string of the molecule is CCOc1ccccc1Nc1ncnc2sc3c(c12)CCC(C)C3. The van der Waals surface area contributed by atoms with Crippen LogP contribution in [0.25, 0.3) is 10.2 Å². The van der Waals surface area contributed by atoms with E-state index in [1.807, 2.05) is 42.5 Å². The molecule has 1 atom stereocenters. The van der Waals surface area contributed by atoms with Crippen LogP contribution in [-0.2, 0) is 12.8 Å². The normalized spacial score (nSPS) is 16.8. The molecule has 2 aromatic heterocycles. The molecule has 0 spiro atoms. The van der Waals surface area contributed by atoms with Gasteiger partial charge in [0, 0.05) is 4.88 Å². The van der Waals surface area contributed by atoms with Crippen molar-refractivity contribution in [3.05, 3.63) is 41.0 Å². The van der Waals surface area contributed by atoms with Crippen molar-refractivity contribution < 1.29 is 4.74 Å². The second-order valence-corrected chi connectivity index (χ2v) is 7.39. The van der Waals surface area contributed by atoms with Gasteiger partial charge in [-0.15, -0.1) is 11.3 Å². The smallest absolute Gasteiger partial charge is 0.142 e. The summed E-state index contributed by atoms with van der Waals surface area (Å²) in [5.74, 6) is 2.50. The topological polar surface area (TPSA) is 47.0 Å². The maximum absolute atomic E-state index is 5.73. The second-order valence-electron chi connectivity index (χ2n) is 6.31. The van der Waals surface area contributed by atoms with E-state index in [4.69, 9.17) is 4.74 Å². The average Bonchev–Trinajstić information content (AvgIpc) is 2.95. The summed E-state index contributed by atoms with van der Waals surface area (Å²) in [4.78, 5) is 11.6. The highest BCUT2D eigenvalue weighted by Gasteiger charge is 2.23. The maximum atomic E-state index is 5.73.